The first-order valence-electron chi connectivity index (χ1n) is 7.07. The Morgan fingerprint density at radius 2 is 1.60 bits per heavy atom. The van der Waals surface area contributed by atoms with Crippen LogP contribution in [0, 0.1) is 0 Å². The minimum absolute atomic E-state index is 0.240. The molecule has 2 nitrogen and oxygen atoms in total. The fourth-order valence-electron chi connectivity index (χ4n) is 2.35. The summed E-state index contributed by atoms with van der Waals surface area (Å²) in [6.45, 7) is 4.32. The molecule has 1 radical (unpaired) electrons. The number of hydrogen-bond acceptors (Lipinski definition) is 1. The Hall–Kier alpha value is -1.80. The van der Waals surface area contributed by atoms with Gasteiger partial charge in [0.25, 0.3) is 0 Å². The van der Waals surface area contributed by atoms with Crippen molar-refractivity contribution in [3.63, 3.8) is 0 Å². The lowest BCUT2D eigenvalue weighted by molar-refractivity contribution is 0.414. The minimum Gasteiger partial charge on any atom is -0.497 e. The largest absolute Gasteiger partial charge is 0.497 e. The average molecular weight is 268 g/mol. The van der Waals surface area contributed by atoms with Crippen molar-refractivity contribution in [3.8, 4) is 5.75 Å². The summed E-state index contributed by atoms with van der Waals surface area (Å²) in [4.78, 5) is 0. The Morgan fingerprint density at radius 3 is 2.20 bits per heavy atom. The zero-order valence-corrected chi connectivity index (χ0v) is 12.4. The predicted molar refractivity (Wildman–Crippen MR) is 83.2 cm³/mol. The van der Waals surface area contributed by atoms with Crippen molar-refractivity contribution in [2.24, 2.45) is 0 Å². The zero-order valence-electron chi connectivity index (χ0n) is 12.4. The molecule has 2 aromatic carbocycles. The van der Waals surface area contributed by atoms with Crippen LogP contribution in [0.1, 0.15) is 31.0 Å². The highest BCUT2D eigenvalue weighted by Crippen LogP contribution is 2.17. The van der Waals surface area contributed by atoms with Gasteiger partial charge in [-0.2, -0.15) is 0 Å². The van der Waals surface area contributed by atoms with Crippen LogP contribution in [0.15, 0.2) is 54.6 Å². The number of methoxy groups -OCH3 is 1. The van der Waals surface area contributed by atoms with E-state index in [0.29, 0.717) is 6.04 Å². The molecule has 0 aliphatic rings. The number of benzene rings is 2. The molecule has 2 atom stereocenters. The molecule has 0 unspecified atom stereocenters. The lowest BCUT2D eigenvalue weighted by Gasteiger charge is -2.18. The first kappa shape index (κ1) is 14.6. The van der Waals surface area contributed by atoms with E-state index in [1.165, 1.54) is 11.1 Å². The molecular formula is C18H22NO. The second kappa shape index (κ2) is 7.11. The first-order chi connectivity index (χ1) is 9.69. The molecule has 0 aliphatic carbocycles. The summed E-state index contributed by atoms with van der Waals surface area (Å²) in [6, 6.07) is 19.2. The average Bonchev–Trinajstić information content (AvgIpc) is 2.49. The molecule has 0 saturated heterocycles. The van der Waals surface area contributed by atoms with Crippen LogP contribution in [0.5, 0.6) is 5.75 Å². The van der Waals surface area contributed by atoms with E-state index < -0.39 is 0 Å². The van der Waals surface area contributed by atoms with Crippen molar-refractivity contribution in [2.75, 3.05) is 7.11 Å². The second-order valence-corrected chi connectivity index (χ2v) is 5.14. The Kier molecular flexibility index (Phi) is 5.19. The van der Waals surface area contributed by atoms with Crippen molar-refractivity contribution < 1.29 is 4.74 Å². The van der Waals surface area contributed by atoms with Gasteiger partial charge < -0.3 is 4.74 Å². The molecule has 2 rings (SSSR count). The van der Waals surface area contributed by atoms with Crippen LogP contribution in [-0.4, -0.2) is 13.2 Å². The van der Waals surface area contributed by atoms with Gasteiger partial charge in [0.2, 0.25) is 0 Å². The van der Waals surface area contributed by atoms with Gasteiger partial charge in [-0.15, -0.1) is 0 Å². The van der Waals surface area contributed by atoms with Crippen molar-refractivity contribution in [3.05, 3.63) is 65.7 Å². The normalized spacial score (nSPS) is 13.8. The second-order valence-electron chi connectivity index (χ2n) is 5.14. The van der Waals surface area contributed by atoms with Gasteiger partial charge >= 0.3 is 0 Å². The Labute approximate surface area is 121 Å². The van der Waals surface area contributed by atoms with Crippen LogP contribution < -0.4 is 10.1 Å². The summed E-state index contributed by atoms with van der Waals surface area (Å²) >= 11 is 0. The third-order valence-corrected chi connectivity index (χ3v) is 3.45. The van der Waals surface area contributed by atoms with E-state index in [4.69, 9.17) is 10.1 Å². The molecule has 2 heteroatoms. The molecular weight excluding hydrogens is 246 g/mol. The van der Waals surface area contributed by atoms with E-state index in [0.717, 1.165) is 12.2 Å². The van der Waals surface area contributed by atoms with Crippen LogP contribution in [0.25, 0.3) is 0 Å². The van der Waals surface area contributed by atoms with Gasteiger partial charge in [-0.1, -0.05) is 42.5 Å². The van der Waals surface area contributed by atoms with E-state index in [1.54, 1.807) is 7.11 Å². The number of hydrogen-bond donors (Lipinski definition) is 0. The molecule has 0 amide bonds. The lowest BCUT2D eigenvalue weighted by Crippen LogP contribution is -2.23. The van der Waals surface area contributed by atoms with Crippen molar-refractivity contribution >= 4 is 0 Å². The summed E-state index contributed by atoms with van der Waals surface area (Å²) in [7, 11) is 1.69. The molecule has 0 spiro atoms. The summed E-state index contributed by atoms with van der Waals surface area (Å²) < 4.78 is 5.17. The van der Waals surface area contributed by atoms with Crippen LogP contribution in [0.3, 0.4) is 0 Å². The van der Waals surface area contributed by atoms with Crippen molar-refractivity contribution in [1.82, 2.24) is 5.32 Å². The monoisotopic (exact) mass is 268 g/mol. The Bertz CT molecular complexity index is 507. The summed E-state index contributed by atoms with van der Waals surface area (Å²) in [5, 5.41) is 4.85. The molecule has 0 heterocycles. The fourth-order valence-corrected chi connectivity index (χ4v) is 2.35. The highest BCUT2D eigenvalue weighted by atomic mass is 16.5. The van der Waals surface area contributed by atoms with Gasteiger partial charge in [0, 0.05) is 12.1 Å². The highest BCUT2D eigenvalue weighted by Gasteiger charge is 2.11. The maximum atomic E-state index is 5.17. The fraction of sp³-hybridized carbons (Fsp3) is 0.333. The van der Waals surface area contributed by atoms with Crippen molar-refractivity contribution in [2.45, 2.75) is 32.4 Å². The molecule has 0 aromatic heterocycles. The third-order valence-electron chi connectivity index (χ3n) is 3.45. The summed E-state index contributed by atoms with van der Waals surface area (Å²) in [5.74, 6) is 0.899. The predicted octanol–water partition coefficient (Wildman–Crippen LogP) is 3.99. The number of nitrogens with zero attached hydrogens (tertiary/aromatic N) is 1. The van der Waals surface area contributed by atoms with E-state index >= 15 is 0 Å². The van der Waals surface area contributed by atoms with E-state index in [2.05, 4.69) is 50.2 Å². The molecule has 0 fully saturated rings. The zero-order chi connectivity index (χ0) is 14.4. The van der Waals surface area contributed by atoms with Crippen LogP contribution in [-0.2, 0) is 6.42 Å². The van der Waals surface area contributed by atoms with E-state index in [9.17, 15) is 0 Å². The maximum Gasteiger partial charge on any atom is 0.118 e. The Balaban J connectivity index is 1.90. The number of rotatable bonds is 6. The Morgan fingerprint density at radius 1 is 0.950 bits per heavy atom. The molecule has 0 aliphatic heterocycles. The van der Waals surface area contributed by atoms with E-state index in [1.807, 2.05) is 18.2 Å². The maximum absolute atomic E-state index is 5.17. The van der Waals surface area contributed by atoms with Crippen LogP contribution in [0.4, 0.5) is 0 Å². The van der Waals surface area contributed by atoms with Gasteiger partial charge in [0.1, 0.15) is 5.75 Å². The summed E-state index contributed by atoms with van der Waals surface area (Å²) in [5.41, 5.74) is 2.57. The molecule has 0 saturated carbocycles. The minimum atomic E-state index is 0.240. The molecule has 20 heavy (non-hydrogen) atoms. The van der Waals surface area contributed by atoms with Gasteiger partial charge in [-0.25, -0.2) is 5.32 Å². The van der Waals surface area contributed by atoms with Crippen LogP contribution in [0.2, 0.25) is 0 Å². The van der Waals surface area contributed by atoms with Crippen molar-refractivity contribution in [1.29, 1.82) is 0 Å². The van der Waals surface area contributed by atoms with Crippen LogP contribution >= 0.6 is 0 Å². The third kappa shape index (κ3) is 4.10. The highest BCUT2D eigenvalue weighted by molar-refractivity contribution is 5.27. The van der Waals surface area contributed by atoms with Gasteiger partial charge in [0.05, 0.1) is 7.11 Å². The summed E-state index contributed by atoms with van der Waals surface area (Å²) in [6.07, 6.45) is 0.959. The topological polar surface area (TPSA) is 23.3 Å². The quantitative estimate of drug-likeness (QED) is 0.777. The van der Waals surface area contributed by atoms with E-state index in [-0.39, 0.29) is 6.04 Å². The molecule has 0 N–H and O–H groups in total. The molecule has 105 valence electrons. The first-order valence-corrected chi connectivity index (χ1v) is 7.07. The SMILES string of the molecule is COc1ccc(C[C@@H](C)[N][C@H](C)c2ccccc2)cc1. The van der Waals surface area contributed by atoms with Gasteiger partial charge in [-0.3, -0.25) is 0 Å². The number of ether oxygens (including phenoxy) is 1. The standard InChI is InChI=1S/C18H22NO/c1-14(13-16-9-11-18(20-3)12-10-16)19-15(2)17-7-5-4-6-8-17/h4-12,14-15H,13H2,1-3H3/t14-,15-/m1/s1. The smallest absolute Gasteiger partial charge is 0.118 e. The lowest BCUT2D eigenvalue weighted by atomic mass is 10.0. The van der Waals surface area contributed by atoms with Gasteiger partial charge in [0.15, 0.2) is 0 Å². The molecule has 0 bridgehead atoms. The molecule has 2 aromatic rings. The van der Waals surface area contributed by atoms with Gasteiger partial charge in [-0.05, 0) is 43.5 Å².